The van der Waals surface area contributed by atoms with Crippen molar-refractivity contribution in [3.8, 4) is 5.75 Å². The van der Waals surface area contributed by atoms with Gasteiger partial charge in [0.25, 0.3) is 11.8 Å². The Labute approximate surface area is 163 Å². The third-order valence-electron chi connectivity index (χ3n) is 3.50. The zero-order valence-corrected chi connectivity index (χ0v) is 15.8. The first-order valence-corrected chi connectivity index (χ1v) is 8.98. The molecule has 1 aromatic carbocycles. The van der Waals surface area contributed by atoms with Gasteiger partial charge in [-0.1, -0.05) is 22.0 Å². The lowest BCUT2D eigenvalue weighted by Gasteiger charge is -2.05. The van der Waals surface area contributed by atoms with E-state index in [2.05, 4.69) is 26.6 Å². The number of benzene rings is 1. The van der Waals surface area contributed by atoms with Gasteiger partial charge in [-0.15, -0.1) is 0 Å². The molecular weight excluding hydrogens is 416 g/mol. The smallest absolute Gasteiger partial charge is 0.287 e. The normalized spacial score (nSPS) is 10.4. The number of carbonyl (C=O) groups is 2. The van der Waals surface area contributed by atoms with E-state index in [0.29, 0.717) is 11.5 Å². The lowest BCUT2D eigenvalue weighted by Crippen LogP contribution is -2.34. The van der Waals surface area contributed by atoms with E-state index in [0.717, 1.165) is 4.47 Å². The first kappa shape index (κ1) is 18.8. The van der Waals surface area contributed by atoms with Gasteiger partial charge >= 0.3 is 0 Å². The zero-order chi connectivity index (χ0) is 19.1. The quantitative estimate of drug-likeness (QED) is 0.532. The van der Waals surface area contributed by atoms with Crippen molar-refractivity contribution in [1.82, 2.24) is 10.6 Å². The summed E-state index contributed by atoms with van der Waals surface area (Å²) >= 11 is 3.37. The van der Waals surface area contributed by atoms with E-state index in [9.17, 15) is 9.59 Å². The number of ether oxygens (including phenoxy) is 1. The largest absolute Gasteiger partial charge is 0.486 e. The molecule has 0 aliphatic rings. The number of furan rings is 2. The Bertz CT molecular complexity index is 904. The fraction of sp³-hybridized carbons (Fsp3) is 0.158. The second-order valence-corrected chi connectivity index (χ2v) is 6.42. The lowest BCUT2D eigenvalue weighted by atomic mass is 10.3. The molecule has 27 heavy (non-hydrogen) atoms. The molecule has 7 nitrogen and oxygen atoms in total. The average molecular weight is 433 g/mol. The molecule has 8 heteroatoms. The zero-order valence-electron chi connectivity index (χ0n) is 14.2. The predicted molar refractivity (Wildman–Crippen MR) is 101 cm³/mol. The molecule has 0 saturated carbocycles. The number of rotatable bonds is 8. The summed E-state index contributed by atoms with van der Waals surface area (Å²) in [5.74, 6) is 0.933. The molecule has 3 aromatic rings. The SMILES string of the molecule is O=C(NCCNC(=O)c1ccc(COc2cccc(Br)c2)o1)c1ccco1. The summed E-state index contributed by atoms with van der Waals surface area (Å²) in [6.45, 7) is 0.740. The molecule has 2 aromatic heterocycles. The highest BCUT2D eigenvalue weighted by atomic mass is 79.9. The Hall–Kier alpha value is -3.00. The number of hydrogen-bond acceptors (Lipinski definition) is 5. The average Bonchev–Trinajstić information content (AvgIpc) is 3.35. The Balaban J connectivity index is 1.41. The van der Waals surface area contributed by atoms with Crippen LogP contribution in [0.3, 0.4) is 0 Å². The monoisotopic (exact) mass is 432 g/mol. The van der Waals surface area contributed by atoms with Gasteiger partial charge in [0, 0.05) is 17.6 Å². The number of carbonyl (C=O) groups excluding carboxylic acids is 2. The van der Waals surface area contributed by atoms with Crippen molar-refractivity contribution >= 4 is 27.7 Å². The summed E-state index contributed by atoms with van der Waals surface area (Å²) in [5.41, 5.74) is 0. The molecule has 0 spiro atoms. The molecule has 140 valence electrons. The molecule has 0 aliphatic heterocycles. The molecule has 3 rings (SSSR count). The molecule has 0 fully saturated rings. The summed E-state index contributed by atoms with van der Waals surface area (Å²) in [6.07, 6.45) is 1.42. The van der Waals surface area contributed by atoms with Crippen LogP contribution in [-0.4, -0.2) is 24.9 Å². The maximum Gasteiger partial charge on any atom is 0.287 e. The summed E-state index contributed by atoms with van der Waals surface area (Å²) in [6, 6.07) is 13.9. The van der Waals surface area contributed by atoms with E-state index in [1.165, 1.54) is 6.26 Å². The molecular formula is C19H17BrN2O5. The van der Waals surface area contributed by atoms with Crippen LogP contribution in [0.25, 0.3) is 0 Å². The molecule has 0 bridgehead atoms. The van der Waals surface area contributed by atoms with E-state index in [4.69, 9.17) is 13.6 Å². The molecule has 0 saturated heterocycles. The van der Waals surface area contributed by atoms with Gasteiger partial charge in [-0.3, -0.25) is 9.59 Å². The Morgan fingerprint density at radius 3 is 2.44 bits per heavy atom. The van der Waals surface area contributed by atoms with E-state index in [1.54, 1.807) is 24.3 Å². The Kier molecular flexibility index (Phi) is 6.32. The first-order chi connectivity index (χ1) is 13.1. The van der Waals surface area contributed by atoms with Crippen LogP contribution in [0.2, 0.25) is 0 Å². The van der Waals surface area contributed by atoms with Crippen LogP contribution in [0.4, 0.5) is 0 Å². The van der Waals surface area contributed by atoms with Crippen LogP contribution in [0.5, 0.6) is 5.75 Å². The number of halogens is 1. The van der Waals surface area contributed by atoms with E-state index < -0.39 is 0 Å². The third kappa shape index (κ3) is 5.49. The highest BCUT2D eigenvalue weighted by Gasteiger charge is 2.12. The maximum absolute atomic E-state index is 12.1. The van der Waals surface area contributed by atoms with Crippen molar-refractivity contribution in [1.29, 1.82) is 0 Å². The highest BCUT2D eigenvalue weighted by Crippen LogP contribution is 2.19. The fourth-order valence-electron chi connectivity index (χ4n) is 2.22. The molecule has 0 unspecified atom stereocenters. The van der Waals surface area contributed by atoms with Gasteiger partial charge in [-0.25, -0.2) is 0 Å². The van der Waals surface area contributed by atoms with Gasteiger partial charge in [-0.05, 0) is 42.5 Å². The van der Waals surface area contributed by atoms with E-state index in [-0.39, 0.29) is 43.0 Å². The van der Waals surface area contributed by atoms with Crippen LogP contribution in [0.15, 0.2) is 68.1 Å². The van der Waals surface area contributed by atoms with Gasteiger partial charge in [0.2, 0.25) is 0 Å². The maximum atomic E-state index is 12.1. The van der Waals surface area contributed by atoms with Crippen LogP contribution >= 0.6 is 15.9 Å². The van der Waals surface area contributed by atoms with Crippen molar-refractivity contribution in [3.05, 3.63) is 76.5 Å². The van der Waals surface area contributed by atoms with Crippen molar-refractivity contribution in [2.24, 2.45) is 0 Å². The van der Waals surface area contributed by atoms with Crippen molar-refractivity contribution < 1.29 is 23.2 Å². The van der Waals surface area contributed by atoms with Crippen molar-refractivity contribution in [3.63, 3.8) is 0 Å². The number of amides is 2. The minimum Gasteiger partial charge on any atom is -0.486 e. The van der Waals surface area contributed by atoms with Crippen LogP contribution in [0, 0.1) is 0 Å². The molecule has 0 aliphatic carbocycles. The standard InChI is InChI=1S/C19H17BrN2O5/c20-13-3-1-4-14(11-13)26-12-15-6-7-17(27-15)19(24)22-9-8-21-18(23)16-5-2-10-25-16/h1-7,10-11H,8-9,12H2,(H,21,23)(H,22,24). The first-order valence-electron chi connectivity index (χ1n) is 8.19. The van der Waals surface area contributed by atoms with Gasteiger partial charge in [0.15, 0.2) is 11.5 Å². The van der Waals surface area contributed by atoms with Crippen LogP contribution in [0.1, 0.15) is 26.9 Å². The second kappa shape index (κ2) is 9.09. The van der Waals surface area contributed by atoms with Gasteiger partial charge in [0.05, 0.1) is 6.26 Å². The van der Waals surface area contributed by atoms with Gasteiger partial charge in [0.1, 0.15) is 18.1 Å². The molecule has 2 heterocycles. The Morgan fingerprint density at radius 1 is 0.963 bits per heavy atom. The number of nitrogens with one attached hydrogen (secondary N) is 2. The lowest BCUT2D eigenvalue weighted by molar-refractivity contribution is 0.0898. The summed E-state index contributed by atoms with van der Waals surface area (Å²) in [5, 5.41) is 5.31. The molecule has 2 N–H and O–H groups in total. The summed E-state index contributed by atoms with van der Waals surface area (Å²) in [7, 11) is 0. The second-order valence-electron chi connectivity index (χ2n) is 5.50. The highest BCUT2D eigenvalue weighted by molar-refractivity contribution is 9.10. The van der Waals surface area contributed by atoms with Crippen molar-refractivity contribution in [2.75, 3.05) is 13.1 Å². The minimum atomic E-state index is -0.365. The predicted octanol–water partition coefficient (Wildman–Crippen LogP) is 3.37. The number of hydrogen-bond donors (Lipinski definition) is 2. The summed E-state index contributed by atoms with van der Waals surface area (Å²) < 4.78 is 17.0. The van der Waals surface area contributed by atoms with Gasteiger partial charge < -0.3 is 24.2 Å². The van der Waals surface area contributed by atoms with E-state index in [1.807, 2.05) is 24.3 Å². The third-order valence-corrected chi connectivity index (χ3v) is 4.00. The summed E-state index contributed by atoms with van der Waals surface area (Å²) in [4.78, 5) is 23.7. The van der Waals surface area contributed by atoms with Gasteiger partial charge in [-0.2, -0.15) is 0 Å². The van der Waals surface area contributed by atoms with E-state index >= 15 is 0 Å². The fourth-order valence-corrected chi connectivity index (χ4v) is 2.60. The van der Waals surface area contributed by atoms with Crippen LogP contribution in [-0.2, 0) is 6.61 Å². The Morgan fingerprint density at radius 2 is 1.74 bits per heavy atom. The van der Waals surface area contributed by atoms with Crippen molar-refractivity contribution in [2.45, 2.75) is 6.61 Å². The molecule has 0 atom stereocenters. The minimum absolute atomic E-state index is 0.181. The molecule has 0 radical (unpaired) electrons. The van der Waals surface area contributed by atoms with Crippen LogP contribution < -0.4 is 15.4 Å². The topological polar surface area (TPSA) is 93.7 Å². The molecule has 2 amide bonds.